The van der Waals surface area contributed by atoms with Crippen LogP contribution in [-0.2, 0) is 22.4 Å². The first-order valence-corrected chi connectivity index (χ1v) is 15.8. The Morgan fingerprint density at radius 3 is 2.45 bits per heavy atom. The Balaban J connectivity index is 1.45. The molecule has 4 aromatic rings. The van der Waals surface area contributed by atoms with E-state index in [9.17, 15) is 4.79 Å². The number of halogens is 3. The predicted molar refractivity (Wildman–Crippen MR) is 177 cm³/mol. The minimum Gasteiger partial charge on any atom is -0.494 e. The summed E-state index contributed by atoms with van der Waals surface area (Å²) >= 11 is 15.9. The van der Waals surface area contributed by atoms with Crippen LogP contribution in [0.15, 0.2) is 107 Å². The van der Waals surface area contributed by atoms with Crippen molar-refractivity contribution in [1.82, 2.24) is 10.9 Å². The molecule has 2 atom stereocenters. The third-order valence-electron chi connectivity index (χ3n) is 7.26. The van der Waals surface area contributed by atoms with Crippen LogP contribution in [0.5, 0.6) is 5.75 Å². The molecule has 1 amide bonds. The van der Waals surface area contributed by atoms with Gasteiger partial charge in [-0.3, -0.25) is 10.2 Å². The summed E-state index contributed by atoms with van der Waals surface area (Å²) < 4.78 is 13.2. The molecule has 4 aromatic carbocycles. The van der Waals surface area contributed by atoms with Gasteiger partial charge in [-0.05, 0) is 71.6 Å². The Morgan fingerprint density at radius 1 is 1.00 bits per heavy atom. The fourth-order valence-corrected chi connectivity index (χ4v) is 5.77. The summed E-state index contributed by atoms with van der Waals surface area (Å²) in [7, 11) is 0. The van der Waals surface area contributed by atoms with E-state index in [1.165, 1.54) is 0 Å². The molecular formula is C34H32BrCl2N3O4. The number of aliphatic imine (C=N–C) groups is 1. The number of hydrazine groups is 1. The lowest BCUT2D eigenvalue weighted by molar-refractivity contribution is -0.130. The number of aliphatic hydroxyl groups is 1. The number of aliphatic hydroxyl groups excluding tert-OH is 1. The molecule has 0 spiro atoms. The van der Waals surface area contributed by atoms with E-state index in [0.717, 1.165) is 26.7 Å². The summed E-state index contributed by atoms with van der Waals surface area (Å²) in [5.74, 6) is 0.706. The molecule has 1 aliphatic rings. The van der Waals surface area contributed by atoms with Gasteiger partial charge in [0.25, 0.3) is 5.91 Å². The molecule has 0 radical (unpaired) electrons. The van der Waals surface area contributed by atoms with E-state index in [-0.39, 0.29) is 12.5 Å². The first-order valence-electron chi connectivity index (χ1n) is 14.3. The molecule has 5 rings (SSSR count). The smallest absolute Gasteiger partial charge is 0.266 e. The lowest BCUT2D eigenvalue weighted by Gasteiger charge is -2.31. The summed E-state index contributed by atoms with van der Waals surface area (Å²) in [6, 6.07) is 30.3. The number of nitrogens with one attached hydrogen (secondary N) is 2. The van der Waals surface area contributed by atoms with Gasteiger partial charge in [0, 0.05) is 46.1 Å². The third kappa shape index (κ3) is 7.81. The topological polar surface area (TPSA) is 92.2 Å². The third-order valence-corrected chi connectivity index (χ3v) is 8.37. The number of nitrogens with zero attached hydrogens (tertiary/aromatic N) is 1. The van der Waals surface area contributed by atoms with E-state index >= 15 is 0 Å². The Bertz CT molecular complexity index is 1590. The van der Waals surface area contributed by atoms with Crippen molar-refractivity contribution in [2.24, 2.45) is 4.99 Å². The molecule has 0 aliphatic carbocycles. The van der Waals surface area contributed by atoms with Gasteiger partial charge < -0.3 is 14.6 Å². The highest BCUT2D eigenvalue weighted by Crippen LogP contribution is 2.42. The predicted octanol–water partition coefficient (Wildman–Crippen LogP) is 6.88. The van der Waals surface area contributed by atoms with Crippen LogP contribution in [-0.4, -0.2) is 42.2 Å². The molecule has 228 valence electrons. The first kappa shape index (κ1) is 32.0. The minimum absolute atomic E-state index is 0.0649. The van der Waals surface area contributed by atoms with Gasteiger partial charge in [-0.15, -0.1) is 0 Å². The summed E-state index contributed by atoms with van der Waals surface area (Å²) in [6.45, 7) is 0.915. The lowest BCUT2D eigenvalue weighted by Crippen LogP contribution is -2.54. The first-order chi connectivity index (χ1) is 21.4. The zero-order valence-electron chi connectivity index (χ0n) is 23.8. The summed E-state index contributed by atoms with van der Waals surface area (Å²) in [6.07, 6.45) is 0.718. The van der Waals surface area contributed by atoms with Gasteiger partial charge in [-0.25, -0.2) is 10.4 Å². The number of carbonyl (C=O) groups excluding carboxylic acids is 1. The molecule has 0 bridgehead atoms. The second-order valence-electron chi connectivity index (χ2n) is 10.4. The summed E-state index contributed by atoms with van der Waals surface area (Å²) in [5.41, 5.74) is 8.05. The van der Waals surface area contributed by atoms with Crippen LogP contribution >= 0.6 is 39.1 Å². The summed E-state index contributed by atoms with van der Waals surface area (Å²) in [4.78, 5) is 19.3. The van der Waals surface area contributed by atoms with Gasteiger partial charge in [-0.2, -0.15) is 0 Å². The van der Waals surface area contributed by atoms with E-state index in [1.807, 2.05) is 84.9 Å². The van der Waals surface area contributed by atoms with E-state index < -0.39 is 11.6 Å². The van der Waals surface area contributed by atoms with Crippen molar-refractivity contribution in [2.75, 3.05) is 19.8 Å². The number of ether oxygens (including phenoxy) is 2. The molecule has 0 fully saturated rings. The van der Waals surface area contributed by atoms with Crippen LogP contribution in [0.3, 0.4) is 0 Å². The van der Waals surface area contributed by atoms with E-state index in [2.05, 4.69) is 26.8 Å². The number of hydrogen-bond donors (Lipinski definition) is 3. The lowest BCUT2D eigenvalue weighted by atomic mass is 9.82. The number of hydrogen-bond acceptors (Lipinski definition) is 6. The molecule has 1 heterocycles. The normalized spacial score (nSPS) is 17.5. The van der Waals surface area contributed by atoms with Crippen LogP contribution in [0, 0.1) is 0 Å². The van der Waals surface area contributed by atoms with Crippen LogP contribution in [0.25, 0.3) is 0 Å². The van der Waals surface area contributed by atoms with Gasteiger partial charge >= 0.3 is 0 Å². The molecule has 0 unspecified atom stereocenters. The quantitative estimate of drug-likeness (QED) is 0.105. The molecular weight excluding hydrogens is 665 g/mol. The summed E-state index contributed by atoms with van der Waals surface area (Å²) in [5, 5.41) is 10.2. The van der Waals surface area contributed by atoms with Crippen LogP contribution in [0.4, 0.5) is 0 Å². The average molecular weight is 697 g/mol. The minimum atomic E-state index is -1.33. The molecule has 10 heteroatoms. The molecule has 0 saturated heterocycles. The van der Waals surface area contributed by atoms with Crippen LogP contribution < -0.4 is 15.6 Å². The van der Waals surface area contributed by atoms with Crippen molar-refractivity contribution in [3.8, 4) is 5.75 Å². The number of amides is 1. The van der Waals surface area contributed by atoms with Crippen molar-refractivity contribution in [3.05, 3.63) is 134 Å². The molecule has 0 saturated carbocycles. The SMILES string of the molecule is O=C(NNCCc1ccc(Cl)cc1Cl)[C@@]1(Cc2ccccc2)N=C(c2ccc(OCCCO)cc2)O[C@H]1c1ccc(Br)cc1. The highest BCUT2D eigenvalue weighted by molar-refractivity contribution is 9.10. The van der Waals surface area contributed by atoms with E-state index in [0.29, 0.717) is 54.1 Å². The van der Waals surface area contributed by atoms with Gasteiger partial charge in [-0.1, -0.05) is 87.7 Å². The average Bonchev–Trinajstić information content (AvgIpc) is 3.41. The van der Waals surface area contributed by atoms with Crippen molar-refractivity contribution in [3.63, 3.8) is 0 Å². The molecule has 1 aliphatic heterocycles. The van der Waals surface area contributed by atoms with E-state index in [4.69, 9.17) is 42.8 Å². The molecule has 3 N–H and O–H groups in total. The van der Waals surface area contributed by atoms with Gasteiger partial charge in [0.2, 0.25) is 5.90 Å². The molecule has 44 heavy (non-hydrogen) atoms. The van der Waals surface area contributed by atoms with Crippen molar-refractivity contribution < 1.29 is 19.4 Å². The van der Waals surface area contributed by atoms with E-state index in [1.54, 1.807) is 12.1 Å². The number of carbonyl (C=O) groups is 1. The van der Waals surface area contributed by atoms with Crippen LogP contribution in [0.1, 0.15) is 34.8 Å². The van der Waals surface area contributed by atoms with Crippen LogP contribution in [0.2, 0.25) is 10.0 Å². The largest absolute Gasteiger partial charge is 0.494 e. The zero-order valence-corrected chi connectivity index (χ0v) is 26.9. The standard InChI is InChI=1S/C34H32BrCl2N3O4/c35-27-12-7-25(8-13-27)31-34(22-23-5-2-1-3-6-23,33(42)40-38-18-17-24-9-14-28(36)21-30(24)37)39-32(44-31)26-10-15-29(16-11-26)43-20-4-19-41/h1-3,5-16,21,31,38,41H,4,17-20,22H2,(H,40,42)/t31-,34-/m0/s1. The molecule has 7 nitrogen and oxygen atoms in total. The fraction of sp³-hybridized carbons (Fsp3) is 0.235. The van der Waals surface area contributed by atoms with Gasteiger partial charge in [0.1, 0.15) is 5.75 Å². The maximum absolute atomic E-state index is 14.3. The maximum atomic E-state index is 14.3. The van der Waals surface area contributed by atoms with Crippen molar-refractivity contribution >= 4 is 50.9 Å². The molecule has 0 aromatic heterocycles. The Hall–Kier alpha value is -3.40. The highest BCUT2D eigenvalue weighted by Gasteiger charge is 2.53. The maximum Gasteiger partial charge on any atom is 0.266 e. The Kier molecular flexibility index (Phi) is 11.0. The fourth-order valence-electron chi connectivity index (χ4n) is 5.00. The second-order valence-corrected chi connectivity index (χ2v) is 12.1. The highest BCUT2D eigenvalue weighted by atomic mass is 79.9. The second kappa shape index (κ2) is 15.1. The number of benzene rings is 4. The van der Waals surface area contributed by atoms with Crippen molar-refractivity contribution in [1.29, 1.82) is 0 Å². The number of rotatable bonds is 13. The zero-order chi connectivity index (χ0) is 30.9. The Morgan fingerprint density at radius 2 is 1.75 bits per heavy atom. The Labute approximate surface area is 275 Å². The monoisotopic (exact) mass is 695 g/mol. The van der Waals surface area contributed by atoms with Gasteiger partial charge in [0.15, 0.2) is 11.6 Å². The van der Waals surface area contributed by atoms with Crippen molar-refractivity contribution in [2.45, 2.75) is 30.9 Å². The van der Waals surface area contributed by atoms with Gasteiger partial charge in [0.05, 0.1) is 6.61 Å².